The Hall–Kier alpha value is -2.70. The molecule has 0 saturated carbocycles. The van der Waals surface area contributed by atoms with E-state index in [1.165, 1.54) is 20.7 Å². The third-order valence-electron chi connectivity index (χ3n) is 5.82. The number of carbonyl (C=O) groups is 1. The second kappa shape index (κ2) is 9.41. The highest BCUT2D eigenvalue weighted by Crippen LogP contribution is 2.31. The van der Waals surface area contributed by atoms with E-state index >= 15 is 0 Å². The smallest absolute Gasteiger partial charge is 0.244 e. The Labute approximate surface area is 182 Å². The highest BCUT2D eigenvalue weighted by atomic mass is 32.1. The van der Waals surface area contributed by atoms with Crippen molar-refractivity contribution in [1.82, 2.24) is 10.3 Å². The van der Waals surface area contributed by atoms with Gasteiger partial charge in [0.25, 0.3) is 0 Å². The number of quaternary nitrogens is 1. The molecule has 4 rings (SSSR count). The fourth-order valence-electron chi connectivity index (χ4n) is 3.77. The van der Waals surface area contributed by atoms with Crippen LogP contribution in [0.2, 0.25) is 0 Å². The van der Waals surface area contributed by atoms with Gasteiger partial charge in [-0.25, -0.2) is 4.98 Å². The van der Waals surface area contributed by atoms with E-state index in [2.05, 4.69) is 36.2 Å². The molecule has 0 radical (unpaired) electrons. The maximum Gasteiger partial charge on any atom is 0.244 e. The van der Waals surface area contributed by atoms with Gasteiger partial charge in [0.15, 0.2) is 5.13 Å². The third-order valence-corrected chi connectivity index (χ3v) is 6.90. The molecule has 1 aliphatic rings. The molecule has 0 atom stereocenters. The van der Waals surface area contributed by atoms with E-state index in [0.29, 0.717) is 6.54 Å². The third kappa shape index (κ3) is 4.89. The van der Waals surface area contributed by atoms with Crippen molar-refractivity contribution in [3.05, 3.63) is 65.2 Å². The van der Waals surface area contributed by atoms with Crippen molar-refractivity contribution in [1.29, 1.82) is 0 Å². The first kappa shape index (κ1) is 20.6. The quantitative estimate of drug-likeness (QED) is 0.601. The van der Waals surface area contributed by atoms with E-state index in [4.69, 9.17) is 4.98 Å². The molecule has 2 aromatic carbocycles. The van der Waals surface area contributed by atoms with Crippen LogP contribution in [0.15, 0.2) is 48.5 Å². The van der Waals surface area contributed by atoms with E-state index in [9.17, 15) is 4.79 Å². The van der Waals surface area contributed by atoms with Crippen molar-refractivity contribution >= 4 is 38.7 Å². The van der Waals surface area contributed by atoms with E-state index in [1.54, 1.807) is 17.4 Å². The van der Waals surface area contributed by atoms with Crippen LogP contribution in [0, 0.1) is 13.8 Å². The Morgan fingerprint density at radius 1 is 1.17 bits per heavy atom. The molecule has 30 heavy (non-hydrogen) atoms. The maximum absolute atomic E-state index is 12.0. The van der Waals surface area contributed by atoms with Crippen LogP contribution in [0.4, 0.5) is 5.13 Å². The molecule has 156 valence electrons. The molecule has 1 amide bonds. The Kier molecular flexibility index (Phi) is 6.45. The fourth-order valence-corrected chi connectivity index (χ4v) is 4.85. The number of hydrogen-bond donors (Lipinski definition) is 2. The molecule has 2 N–H and O–H groups in total. The van der Waals surface area contributed by atoms with Crippen molar-refractivity contribution in [2.75, 3.05) is 44.2 Å². The summed E-state index contributed by atoms with van der Waals surface area (Å²) in [5.41, 5.74) is 4.77. The first-order valence-corrected chi connectivity index (χ1v) is 11.4. The molecule has 0 aliphatic carbocycles. The van der Waals surface area contributed by atoms with Crippen LogP contribution in [0.1, 0.15) is 16.7 Å². The molecule has 1 saturated heterocycles. The van der Waals surface area contributed by atoms with Crippen LogP contribution in [0.5, 0.6) is 0 Å². The van der Waals surface area contributed by atoms with Crippen molar-refractivity contribution in [2.24, 2.45) is 0 Å². The van der Waals surface area contributed by atoms with Crippen LogP contribution in [-0.4, -0.2) is 50.2 Å². The van der Waals surface area contributed by atoms with Crippen LogP contribution >= 0.6 is 11.3 Å². The lowest BCUT2D eigenvalue weighted by Gasteiger charge is -2.31. The number of piperazine rings is 1. The van der Waals surface area contributed by atoms with E-state index < -0.39 is 0 Å². The molecular formula is C24H29N4OS+. The van der Waals surface area contributed by atoms with Crippen molar-refractivity contribution in [2.45, 2.75) is 13.8 Å². The van der Waals surface area contributed by atoms with Gasteiger partial charge in [-0.3, -0.25) is 4.79 Å². The first-order chi connectivity index (χ1) is 14.6. The number of nitrogens with zero attached hydrogens (tertiary/aromatic N) is 2. The lowest BCUT2D eigenvalue weighted by Crippen LogP contribution is -3.15. The lowest BCUT2D eigenvalue weighted by atomic mass is 10.1. The predicted molar refractivity (Wildman–Crippen MR) is 125 cm³/mol. The summed E-state index contributed by atoms with van der Waals surface area (Å²) in [6, 6.07) is 14.3. The molecule has 1 fully saturated rings. The molecule has 6 heteroatoms. The molecule has 1 aliphatic heterocycles. The summed E-state index contributed by atoms with van der Waals surface area (Å²) in [5.74, 6) is -0.0305. The molecule has 0 bridgehead atoms. The molecule has 1 aromatic heterocycles. The zero-order valence-corrected chi connectivity index (χ0v) is 18.5. The van der Waals surface area contributed by atoms with Crippen molar-refractivity contribution in [3.63, 3.8) is 0 Å². The lowest BCUT2D eigenvalue weighted by molar-refractivity contribution is -0.899. The monoisotopic (exact) mass is 421 g/mol. The van der Waals surface area contributed by atoms with E-state index in [0.717, 1.165) is 48.9 Å². The SMILES string of the molecule is Cc1ccc2sc(N3CC[NH+](CCNC(=O)/C=C/c4ccccc4)CC3)nc2c1C. The minimum atomic E-state index is -0.0305. The molecule has 2 heterocycles. The van der Waals surface area contributed by atoms with Gasteiger partial charge in [-0.1, -0.05) is 47.7 Å². The van der Waals surface area contributed by atoms with Crippen LogP contribution in [0.3, 0.4) is 0 Å². The Morgan fingerprint density at radius 3 is 2.70 bits per heavy atom. The number of anilines is 1. The van der Waals surface area contributed by atoms with Gasteiger partial charge in [0, 0.05) is 6.08 Å². The average Bonchev–Trinajstić information content (AvgIpc) is 3.21. The van der Waals surface area contributed by atoms with Gasteiger partial charge in [-0.2, -0.15) is 0 Å². The van der Waals surface area contributed by atoms with Gasteiger partial charge in [0.2, 0.25) is 5.91 Å². The minimum Gasteiger partial charge on any atom is -0.347 e. The van der Waals surface area contributed by atoms with E-state index in [-0.39, 0.29) is 5.91 Å². The summed E-state index contributed by atoms with van der Waals surface area (Å²) in [7, 11) is 0. The van der Waals surface area contributed by atoms with E-state index in [1.807, 2.05) is 36.4 Å². The van der Waals surface area contributed by atoms with Gasteiger partial charge >= 0.3 is 0 Å². The summed E-state index contributed by atoms with van der Waals surface area (Å²) in [4.78, 5) is 20.9. The molecule has 5 nitrogen and oxygen atoms in total. The number of nitrogens with one attached hydrogen (secondary N) is 2. The molecule has 3 aromatic rings. The van der Waals surface area contributed by atoms with Gasteiger partial charge in [0.1, 0.15) is 0 Å². The number of rotatable bonds is 6. The number of thiazole rings is 1. The van der Waals surface area contributed by atoms with Gasteiger partial charge in [0.05, 0.1) is 49.5 Å². The topological polar surface area (TPSA) is 49.7 Å². The minimum absolute atomic E-state index is 0.0305. The number of fused-ring (bicyclic) bond motifs is 1. The van der Waals surface area contributed by atoms with Crippen LogP contribution < -0.4 is 15.1 Å². The standard InChI is InChI=1S/C24H28N4OS/c1-18-8-10-21-23(19(18)2)26-24(30-21)28-16-14-27(15-17-28)13-12-25-22(29)11-9-20-6-4-3-5-7-20/h3-11H,12-17H2,1-2H3,(H,25,29)/p+1/b11-9+. The number of aryl methyl sites for hydroxylation is 2. The number of hydrogen-bond acceptors (Lipinski definition) is 4. The number of amides is 1. The van der Waals surface area contributed by atoms with Crippen LogP contribution in [0.25, 0.3) is 16.3 Å². The highest BCUT2D eigenvalue weighted by Gasteiger charge is 2.22. The zero-order chi connectivity index (χ0) is 20.9. The summed E-state index contributed by atoms with van der Waals surface area (Å²) >= 11 is 1.79. The molecular weight excluding hydrogens is 392 g/mol. The summed E-state index contributed by atoms with van der Waals surface area (Å²) < 4.78 is 1.27. The summed E-state index contributed by atoms with van der Waals surface area (Å²) in [6.45, 7) is 10.1. The van der Waals surface area contributed by atoms with Gasteiger partial charge in [-0.15, -0.1) is 0 Å². The second-order valence-corrected chi connectivity index (χ2v) is 8.88. The predicted octanol–water partition coefficient (Wildman–Crippen LogP) is 2.45. The number of aromatic nitrogens is 1. The number of carbonyl (C=O) groups excluding carboxylic acids is 1. The fraction of sp³-hybridized carbons (Fsp3) is 0.333. The van der Waals surface area contributed by atoms with Crippen molar-refractivity contribution < 1.29 is 9.69 Å². The maximum atomic E-state index is 12.0. The molecule has 0 unspecified atom stereocenters. The zero-order valence-electron chi connectivity index (χ0n) is 17.6. The van der Waals surface area contributed by atoms with Crippen LogP contribution in [-0.2, 0) is 4.79 Å². The summed E-state index contributed by atoms with van der Waals surface area (Å²) in [5, 5.41) is 4.14. The van der Waals surface area contributed by atoms with Gasteiger partial charge in [-0.05, 0) is 42.7 Å². The highest BCUT2D eigenvalue weighted by molar-refractivity contribution is 7.22. The number of benzene rings is 2. The second-order valence-electron chi connectivity index (χ2n) is 7.87. The summed E-state index contributed by atoms with van der Waals surface area (Å²) in [6.07, 6.45) is 3.46. The Balaban J connectivity index is 1.23. The van der Waals surface area contributed by atoms with Gasteiger partial charge < -0.3 is 15.1 Å². The largest absolute Gasteiger partial charge is 0.347 e. The normalized spacial score (nSPS) is 15.2. The Morgan fingerprint density at radius 2 is 1.93 bits per heavy atom. The Bertz CT molecular complexity index is 1040. The average molecular weight is 422 g/mol. The first-order valence-electron chi connectivity index (χ1n) is 10.6. The molecule has 0 spiro atoms. The van der Waals surface area contributed by atoms with Crippen molar-refractivity contribution in [3.8, 4) is 0 Å².